The van der Waals surface area contributed by atoms with Crippen LogP contribution in [-0.2, 0) is 0 Å². The van der Waals surface area contributed by atoms with Crippen molar-refractivity contribution in [2.75, 3.05) is 7.11 Å². The van der Waals surface area contributed by atoms with Gasteiger partial charge in [0.15, 0.2) is 0 Å². The predicted octanol–water partition coefficient (Wildman–Crippen LogP) is 3.78. The van der Waals surface area contributed by atoms with Crippen LogP contribution < -0.4 is 10.5 Å². The first kappa shape index (κ1) is 14.0. The third-order valence-electron chi connectivity index (χ3n) is 3.22. The number of nitrogens with two attached hydrogens (primary N) is 1. The molecule has 0 aliphatic carbocycles. The first-order valence-electron chi connectivity index (χ1n) is 6.39. The van der Waals surface area contributed by atoms with E-state index in [4.69, 9.17) is 10.5 Å². The van der Waals surface area contributed by atoms with Crippen LogP contribution in [0.25, 0.3) is 11.3 Å². The fourth-order valence-electron chi connectivity index (χ4n) is 1.90. The molecular formula is C15H20N2OS. The fraction of sp³-hybridized carbons (Fsp3) is 0.400. The van der Waals surface area contributed by atoms with Gasteiger partial charge in [0.2, 0.25) is 0 Å². The molecule has 2 rings (SSSR count). The first-order valence-corrected chi connectivity index (χ1v) is 7.27. The fourth-order valence-corrected chi connectivity index (χ4v) is 2.90. The van der Waals surface area contributed by atoms with Gasteiger partial charge in [-0.2, -0.15) is 0 Å². The highest BCUT2D eigenvalue weighted by Gasteiger charge is 2.15. The van der Waals surface area contributed by atoms with E-state index in [1.807, 2.05) is 19.1 Å². The topological polar surface area (TPSA) is 48.1 Å². The smallest absolute Gasteiger partial charge is 0.121 e. The minimum absolute atomic E-state index is 0.0121. The maximum atomic E-state index is 6.13. The molecule has 0 fully saturated rings. The van der Waals surface area contributed by atoms with Crippen molar-refractivity contribution in [3.8, 4) is 17.0 Å². The lowest BCUT2D eigenvalue weighted by Crippen LogP contribution is -2.16. The van der Waals surface area contributed by atoms with Crippen molar-refractivity contribution in [2.24, 2.45) is 11.7 Å². The summed E-state index contributed by atoms with van der Waals surface area (Å²) in [6, 6.07) is 6.12. The molecule has 19 heavy (non-hydrogen) atoms. The molecule has 3 nitrogen and oxygen atoms in total. The van der Waals surface area contributed by atoms with Gasteiger partial charge in [0, 0.05) is 10.9 Å². The Bertz CT molecular complexity index is 563. The van der Waals surface area contributed by atoms with Crippen LogP contribution in [0.1, 0.15) is 30.5 Å². The Balaban J connectivity index is 2.30. The molecule has 0 saturated carbocycles. The summed E-state index contributed by atoms with van der Waals surface area (Å²) < 4.78 is 5.27. The summed E-state index contributed by atoms with van der Waals surface area (Å²) in [4.78, 5) is 4.65. The molecule has 0 amide bonds. The Labute approximate surface area is 118 Å². The van der Waals surface area contributed by atoms with Gasteiger partial charge in [0.1, 0.15) is 10.8 Å². The standard InChI is InChI=1S/C15H20N2OS/c1-9(2)14(16)15-17-12(8-19-15)11-5-6-13(18-4)10(3)7-11/h5-9,14H,16H2,1-4H3. The summed E-state index contributed by atoms with van der Waals surface area (Å²) in [5.41, 5.74) is 9.34. The van der Waals surface area contributed by atoms with Crippen LogP contribution in [0.3, 0.4) is 0 Å². The van der Waals surface area contributed by atoms with Crippen molar-refractivity contribution in [2.45, 2.75) is 26.8 Å². The molecule has 102 valence electrons. The number of nitrogens with zero attached hydrogens (tertiary/aromatic N) is 1. The number of thiazole rings is 1. The minimum atomic E-state index is 0.0121. The monoisotopic (exact) mass is 276 g/mol. The van der Waals surface area contributed by atoms with Crippen molar-refractivity contribution in [1.29, 1.82) is 0 Å². The normalized spacial score (nSPS) is 12.7. The number of rotatable bonds is 4. The molecule has 1 aromatic carbocycles. The van der Waals surface area contributed by atoms with Gasteiger partial charge in [-0.1, -0.05) is 13.8 Å². The summed E-state index contributed by atoms with van der Waals surface area (Å²) >= 11 is 1.63. The number of ether oxygens (including phenoxy) is 1. The van der Waals surface area contributed by atoms with E-state index >= 15 is 0 Å². The van der Waals surface area contributed by atoms with Gasteiger partial charge in [-0.15, -0.1) is 11.3 Å². The number of methoxy groups -OCH3 is 1. The molecule has 1 unspecified atom stereocenters. The highest BCUT2D eigenvalue weighted by Crippen LogP contribution is 2.30. The lowest BCUT2D eigenvalue weighted by molar-refractivity contribution is 0.412. The highest BCUT2D eigenvalue weighted by molar-refractivity contribution is 7.10. The quantitative estimate of drug-likeness (QED) is 0.924. The Morgan fingerprint density at radius 1 is 1.32 bits per heavy atom. The lowest BCUT2D eigenvalue weighted by atomic mass is 10.1. The van der Waals surface area contributed by atoms with Gasteiger partial charge in [-0.25, -0.2) is 4.98 Å². The number of aryl methyl sites for hydroxylation is 1. The molecule has 1 heterocycles. The van der Waals surface area contributed by atoms with Crippen LogP contribution in [0.4, 0.5) is 0 Å². The van der Waals surface area contributed by atoms with Gasteiger partial charge in [-0.05, 0) is 36.6 Å². The summed E-state index contributed by atoms with van der Waals surface area (Å²) in [6.45, 7) is 6.27. The number of aromatic nitrogens is 1. The van der Waals surface area contributed by atoms with E-state index in [1.54, 1.807) is 18.4 Å². The summed E-state index contributed by atoms with van der Waals surface area (Å²) in [5.74, 6) is 1.30. The molecule has 1 aromatic heterocycles. The van der Waals surface area contributed by atoms with Gasteiger partial charge in [0.05, 0.1) is 18.8 Å². The van der Waals surface area contributed by atoms with E-state index in [-0.39, 0.29) is 6.04 Å². The second-order valence-electron chi connectivity index (χ2n) is 5.03. The van der Waals surface area contributed by atoms with Crippen LogP contribution in [-0.4, -0.2) is 12.1 Å². The van der Waals surface area contributed by atoms with Crippen LogP contribution in [0.5, 0.6) is 5.75 Å². The van der Waals surface area contributed by atoms with Gasteiger partial charge >= 0.3 is 0 Å². The zero-order valence-corrected chi connectivity index (χ0v) is 12.6. The first-order chi connectivity index (χ1) is 9.02. The summed E-state index contributed by atoms with van der Waals surface area (Å²) in [7, 11) is 1.69. The number of benzene rings is 1. The predicted molar refractivity (Wildman–Crippen MR) is 80.6 cm³/mol. The average molecular weight is 276 g/mol. The molecule has 4 heteroatoms. The Kier molecular flexibility index (Phi) is 4.22. The van der Waals surface area contributed by atoms with E-state index in [0.717, 1.165) is 27.6 Å². The van der Waals surface area contributed by atoms with Crippen LogP contribution >= 0.6 is 11.3 Å². The van der Waals surface area contributed by atoms with Crippen LogP contribution in [0.2, 0.25) is 0 Å². The maximum absolute atomic E-state index is 6.13. The second-order valence-corrected chi connectivity index (χ2v) is 5.91. The van der Waals surface area contributed by atoms with Crippen molar-refractivity contribution in [1.82, 2.24) is 4.98 Å². The molecular weight excluding hydrogens is 256 g/mol. The van der Waals surface area contributed by atoms with E-state index in [9.17, 15) is 0 Å². The molecule has 1 atom stereocenters. The lowest BCUT2D eigenvalue weighted by Gasteiger charge is -2.11. The zero-order chi connectivity index (χ0) is 14.0. The molecule has 0 bridgehead atoms. The SMILES string of the molecule is COc1ccc(-c2csc(C(N)C(C)C)n2)cc1C. The van der Waals surface area contributed by atoms with Crippen molar-refractivity contribution < 1.29 is 4.74 Å². The zero-order valence-electron chi connectivity index (χ0n) is 11.8. The van der Waals surface area contributed by atoms with Gasteiger partial charge in [0.25, 0.3) is 0 Å². The van der Waals surface area contributed by atoms with Gasteiger partial charge in [-0.3, -0.25) is 0 Å². The van der Waals surface area contributed by atoms with E-state index in [1.165, 1.54) is 0 Å². The van der Waals surface area contributed by atoms with Gasteiger partial charge < -0.3 is 10.5 Å². The van der Waals surface area contributed by atoms with Crippen LogP contribution in [0.15, 0.2) is 23.6 Å². The molecule has 0 spiro atoms. The number of hydrogen-bond donors (Lipinski definition) is 1. The van der Waals surface area contributed by atoms with Crippen molar-refractivity contribution >= 4 is 11.3 Å². The van der Waals surface area contributed by atoms with E-state index in [2.05, 4.69) is 30.3 Å². The molecule has 0 saturated heterocycles. The molecule has 2 aromatic rings. The average Bonchev–Trinajstić information content (AvgIpc) is 2.87. The Hall–Kier alpha value is -1.39. The Morgan fingerprint density at radius 3 is 2.63 bits per heavy atom. The molecule has 0 aliphatic rings. The Morgan fingerprint density at radius 2 is 2.05 bits per heavy atom. The minimum Gasteiger partial charge on any atom is -0.496 e. The van der Waals surface area contributed by atoms with E-state index < -0.39 is 0 Å². The second kappa shape index (κ2) is 5.72. The molecule has 0 aliphatic heterocycles. The highest BCUT2D eigenvalue weighted by atomic mass is 32.1. The molecule has 0 radical (unpaired) electrons. The maximum Gasteiger partial charge on any atom is 0.121 e. The molecule has 2 N–H and O–H groups in total. The summed E-state index contributed by atoms with van der Waals surface area (Å²) in [5, 5.41) is 3.07. The van der Waals surface area contributed by atoms with Crippen molar-refractivity contribution in [3.05, 3.63) is 34.2 Å². The third-order valence-corrected chi connectivity index (χ3v) is 4.16. The largest absolute Gasteiger partial charge is 0.496 e. The van der Waals surface area contributed by atoms with E-state index in [0.29, 0.717) is 5.92 Å². The van der Waals surface area contributed by atoms with Crippen LogP contribution in [0, 0.1) is 12.8 Å². The third kappa shape index (κ3) is 2.96. The number of hydrogen-bond acceptors (Lipinski definition) is 4. The summed E-state index contributed by atoms with van der Waals surface area (Å²) in [6.07, 6.45) is 0. The van der Waals surface area contributed by atoms with Crippen molar-refractivity contribution in [3.63, 3.8) is 0 Å².